The summed E-state index contributed by atoms with van der Waals surface area (Å²) in [4.78, 5) is 13.9. The fraction of sp³-hybridized carbons (Fsp3) is 0.0952. The Bertz CT molecular complexity index is 1020. The van der Waals surface area contributed by atoms with Crippen LogP contribution in [0.1, 0.15) is 16.4 Å². The van der Waals surface area contributed by atoms with E-state index in [-0.39, 0.29) is 10.8 Å². The average molecular weight is 413 g/mol. The SMILES string of the molecule is NS(=O)(=O)c1ccc(CNC(=O)[C@H](Sc2ccccc2)c2ccccc2)cc1. The van der Waals surface area contributed by atoms with Crippen molar-refractivity contribution >= 4 is 27.7 Å². The highest BCUT2D eigenvalue weighted by molar-refractivity contribution is 8.00. The van der Waals surface area contributed by atoms with Gasteiger partial charge in [-0.1, -0.05) is 60.7 Å². The highest BCUT2D eigenvalue weighted by Crippen LogP contribution is 2.35. The molecule has 0 saturated heterocycles. The Morgan fingerprint density at radius 3 is 2.04 bits per heavy atom. The lowest BCUT2D eigenvalue weighted by Gasteiger charge is -2.17. The highest BCUT2D eigenvalue weighted by Gasteiger charge is 2.21. The summed E-state index contributed by atoms with van der Waals surface area (Å²) in [5.74, 6) is -0.115. The molecule has 0 aliphatic heterocycles. The number of hydrogen-bond acceptors (Lipinski definition) is 4. The van der Waals surface area contributed by atoms with Crippen molar-refractivity contribution < 1.29 is 13.2 Å². The van der Waals surface area contributed by atoms with Crippen molar-refractivity contribution in [3.63, 3.8) is 0 Å². The third kappa shape index (κ3) is 5.45. The summed E-state index contributed by atoms with van der Waals surface area (Å²) >= 11 is 1.48. The molecule has 0 aliphatic rings. The van der Waals surface area contributed by atoms with Gasteiger partial charge in [0.2, 0.25) is 15.9 Å². The molecular formula is C21H20N2O3S2. The zero-order valence-electron chi connectivity index (χ0n) is 15.0. The number of thioether (sulfide) groups is 1. The molecule has 7 heteroatoms. The van der Waals surface area contributed by atoms with Gasteiger partial charge in [-0.25, -0.2) is 13.6 Å². The van der Waals surface area contributed by atoms with Crippen LogP contribution in [0.3, 0.4) is 0 Å². The lowest BCUT2D eigenvalue weighted by atomic mass is 10.1. The molecule has 0 aromatic heterocycles. The molecule has 0 bridgehead atoms. The van der Waals surface area contributed by atoms with E-state index in [9.17, 15) is 13.2 Å². The van der Waals surface area contributed by atoms with E-state index in [4.69, 9.17) is 5.14 Å². The Morgan fingerprint density at radius 1 is 0.893 bits per heavy atom. The number of hydrogen-bond donors (Lipinski definition) is 2. The average Bonchev–Trinajstić information content (AvgIpc) is 2.71. The van der Waals surface area contributed by atoms with Crippen LogP contribution in [0, 0.1) is 0 Å². The van der Waals surface area contributed by atoms with Crippen LogP contribution in [0.2, 0.25) is 0 Å². The molecule has 28 heavy (non-hydrogen) atoms. The molecule has 0 saturated carbocycles. The Labute approximate surface area is 169 Å². The topological polar surface area (TPSA) is 89.3 Å². The third-order valence-electron chi connectivity index (χ3n) is 4.06. The highest BCUT2D eigenvalue weighted by atomic mass is 32.2. The monoisotopic (exact) mass is 412 g/mol. The number of carbonyl (C=O) groups excluding carboxylic acids is 1. The molecule has 0 fully saturated rings. The van der Waals surface area contributed by atoms with Crippen molar-refractivity contribution in [1.82, 2.24) is 5.32 Å². The molecule has 3 rings (SSSR count). The van der Waals surface area contributed by atoms with Crippen molar-refractivity contribution in [3.05, 3.63) is 96.1 Å². The van der Waals surface area contributed by atoms with Gasteiger partial charge < -0.3 is 5.32 Å². The standard InChI is InChI=1S/C21H20N2O3S2/c22-28(25,26)19-13-11-16(12-14-19)15-23-21(24)20(17-7-3-1-4-8-17)27-18-9-5-2-6-10-18/h1-14,20H,15H2,(H,23,24)(H2,22,25,26)/t20-/m1/s1. The summed E-state index contributed by atoms with van der Waals surface area (Å²) in [5, 5.41) is 7.65. The maximum atomic E-state index is 12.9. The zero-order chi connectivity index (χ0) is 20.0. The molecule has 1 amide bonds. The van der Waals surface area contributed by atoms with Gasteiger partial charge in [0.05, 0.1) is 4.90 Å². The molecule has 0 unspecified atom stereocenters. The molecule has 0 aliphatic carbocycles. The minimum Gasteiger partial charge on any atom is -0.351 e. The van der Waals surface area contributed by atoms with Gasteiger partial charge >= 0.3 is 0 Å². The van der Waals surface area contributed by atoms with Crippen LogP contribution in [-0.2, 0) is 21.4 Å². The van der Waals surface area contributed by atoms with Crippen LogP contribution in [0.25, 0.3) is 0 Å². The molecule has 144 valence electrons. The van der Waals surface area contributed by atoms with Gasteiger partial charge in [0.25, 0.3) is 0 Å². The fourth-order valence-corrected chi connectivity index (χ4v) is 4.20. The normalized spacial score (nSPS) is 12.3. The zero-order valence-corrected chi connectivity index (χ0v) is 16.6. The van der Waals surface area contributed by atoms with Crippen LogP contribution in [0.4, 0.5) is 0 Å². The summed E-state index contributed by atoms with van der Waals surface area (Å²) in [6, 6.07) is 25.5. The molecule has 3 aromatic rings. The minimum atomic E-state index is -3.73. The van der Waals surface area contributed by atoms with Crippen molar-refractivity contribution in [3.8, 4) is 0 Å². The number of carbonyl (C=O) groups is 1. The first-order chi connectivity index (χ1) is 13.4. The summed E-state index contributed by atoms with van der Waals surface area (Å²) in [7, 11) is -3.73. The quantitative estimate of drug-likeness (QED) is 0.582. The predicted octanol–water partition coefficient (Wildman–Crippen LogP) is 3.48. The number of nitrogens with one attached hydrogen (secondary N) is 1. The number of rotatable bonds is 7. The first-order valence-corrected chi connectivity index (χ1v) is 11.0. The molecule has 3 aromatic carbocycles. The van der Waals surface area contributed by atoms with E-state index in [0.717, 1.165) is 16.0 Å². The van der Waals surface area contributed by atoms with Gasteiger partial charge in [0.15, 0.2) is 0 Å². The summed E-state index contributed by atoms with van der Waals surface area (Å²) in [6.07, 6.45) is 0. The predicted molar refractivity (Wildman–Crippen MR) is 111 cm³/mol. The lowest BCUT2D eigenvalue weighted by Crippen LogP contribution is -2.27. The van der Waals surface area contributed by atoms with Gasteiger partial charge in [-0.05, 0) is 35.4 Å². The van der Waals surface area contributed by atoms with Crippen LogP contribution >= 0.6 is 11.8 Å². The summed E-state index contributed by atoms with van der Waals surface area (Å²) < 4.78 is 22.7. The Kier molecular flexibility index (Phi) is 6.51. The van der Waals surface area contributed by atoms with E-state index in [2.05, 4.69) is 5.32 Å². The van der Waals surface area contributed by atoms with Gasteiger partial charge in [0.1, 0.15) is 5.25 Å². The van der Waals surface area contributed by atoms with Crippen molar-refractivity contribution in [2.75, 3.05) is 0 Å². The largest absolute Gasteiger partial charge is 0.351 e. The van der Waals surface area contributed by atoms with Gasteiger partial charge in [0, 0.05) is 11.4 Å². The molecule has 0 heterocycles. The van der Waals surface area contributed by atoms with E-state index in [1.165, 1.54) is 23.9 Å². The number of benzene rings is 3. The van der Waals surface area contributed by atoms with Gasteiger partial charge in [-0.3, -0.25) is 4.79 Å². The lowest BCUT2D eigenvalue weighted by molar-refractivity contribution is -0.120. The summed E-state index contributed by atoms with van der Waals surface area (Å²) in [6.45, 7) is 0.294. The number of amides is 1. The second-order valence-electron chi connectivity index (χ2n) is 6.13. The van der Waals surface area contributed by atoms with E-state index in [0.29, 0.717) is 6.54 Å². The first kappa shape index (κ1) is 20.1. The molecule has 1 atom stereocenters. The van der Waals surface area contributed by atoms with Crippen LogP contribution in [0.15, 0.2) is 94.7 Å². The minimum absolute atomic E-state index is 0.0457. The molecule has 5 nitrogen and oxygen atoms in total. The van der Waals surface area contributed by atoms with Gasteiger partial charge in [-0.2, -0.15) is 0 Å². The maximum absolute atomic E-state index is 12.9. The van der Waals surface area contributed by atoms with Crippen molar-refractivity contribution in [2.45, 2.75) is 21.6 Å². The first-order valence-electron chi connectivity index (χ1n) is 8.59. The van der Waals surface area contributed by atoms with Crippen molar-refractivity contribution in [2.24, 2.45) is 5.14 Å². The molecule has 3 N–H and O–H groups in total. The smallest absolute Gasteiger partial charge is 0.238 e. The van der Waals surface area contributed by atoms with Crippen LogP contribution < -0.4 is 10.5 Å². The molecule has 0 radical (unpaired) electrons. The van der Waals surface area contributed by atoms with Crippen molar-refractivity contribution in [1.29, 1.82) is 0 Å². The van der Waals surface area contributed by atoms with E-state index in [1.807, 2.05) is 60.7 Å². The molecule has 0 spiro atoms. The maximum Gasteiger partial charge on any atom is 0.238 e. The Hall–Kier alpha value is -2.61. The number of primary sulfonamides is 1. The van der Waals surface area contributed by atoms with Crippen LogP contribution in [0.5, 0.6) is 0 Å². The second kappa shape index (κ2) is 9.05. The third-order valence-corrected chi connectivity index (χ3v) is 6.25. The Morgan fingerprint density at radius 2 is 1.46 bits per heavy atom. The second-order valence-corrected chi connectivity index (χ2v) is 8.87. The Balaban J connectivity index is 1.72. The van der Waals surface area contributed by atoms with E-state index >= 15 is 0 Å². The molecular weight excluding hydrogens is 392 g/mol. The van der Waals surface area contributed by atoms with E-state index < -0.39 is 15.3 Å². The van der Waals surface area contributed by atoms with Gasteiger partial charge in [-0.15, -0.1) is 11.8 Å². The van der Waals surface area contributed by atoms with E-state index in [1.54, 1.807) is 12.1 Å². The number of nitrogens with two attached hydrogens (primary N) is 1. The summed E-state index contributed by atoms with van der Waals surface area (Å²) in [5.41, 5.74) is 1.70. The fourth-order valence-electron chi connectivity index (χ4n) is 2.61. The number of sulfonamides is 1. The van der Waals surface area contributed by atoms with Crippen LogP contribution in [-0.4, -0.2) is 14.3 Å².